The number of hydrogen-bond donors (Lipinski definition) is 0. The molecule has 0 aromatic heterocycles. The summed E-state index contributed by atoms with van der Waals surface area (Å²) >= 11 is 0. The number of morpholine rings is 1. The van der Waals surface area contributed by atoms with E-state index in [0.717, 1.165) is 5.56 Å². The average Bonchev–Trinajstić information content (AvgIpc) is 2.69. The fourth-order valence-electron chi connectivity index (χ4n) is 3.86. The van der Waals surface area contributed by atoms with Crippen LogP contribution < -0.4 is 0 Å². The molecule has 2 atom stereocenters. The fraction of sp³-hybridized carbons (Fsp3) is 0.600. The molecule has 2 fully saturated rings. The van der Waals surface area contributed by atoms with Gasteiger partial charge in [-0.05, 0) is 18.4 Å². The molecule has 1 aromatic carbocycles. The Hall–Kier alpha value is -1.96. The zero-order valence-electron chi connectivity index (χ0n) is 15.8. The maximum atomic E-state index is 12.7. The highest BCUT2D eigenvalue weighted by molar-refractivity contribution is 5.82. The normalized spacial score (nSPS) is 24.7. The van der Waals surface area contributed by atoms with Gasteiger partial charge in [0.1, 0.15) is 12.4 Å². The summed E-state index contributed by atoms with van der Waals surface area (Å²) in [6.07, 6.45) is 0.514. The van der Waals surface area contributed by atoms with Gasteiger partial charge in [0.15, 0.2) is 6.29 Å². The van der Waals surface area contributed by atoms with E-state index in [-0.39, 0.29) is 42.9 Å². The van der Waals surface area contributed by atoms with Crippen LogP contribution in [-0.4, -0.2) is 62.6 Å². The first-order valence-electron chi connectivity index (χ1n) is 9.27. The van der Waals surface area contributed by atoms with Crippen molar-refractivity contribution in [1.29, 1.82) is 0 Å². The van der Waals surface area contributed by atoms with E-state index < -0.39 is 6.29 Å². The van der Waals surface area contributed by atoms with Crippen LogP contribution in [0.2, 0.25) is 0 Å². The van der Waals surface area contributed by atoms with Crippen LogP contribution >= 0.6 is 0 Å². The number of amides is 1. The second kappa shape index (κ2) is 9.30. The molecule has 3 rings (SSSR count). The van der Waals surface area contributed by atoms with E-state index in [1.54, 1.807) is 4.90 Å². The van der Waals surface area contributed by atoms with Gasteiger partial charge in [0.05, 0.1) is 31.7 Å². The first kappa shape index (κ1) is 19.8. The summed E-state index contributed by atoms with van der Waals surface area (Å²) < 4.78 is 21.4. The van der Waals surface area contributed by atoms with Crippen molar-refractivity contribution in [3.8, 4) is 0 Å². The Bertz CT molecular complexity index is 619. The zero-order valence-corrected chi connectivity index (χ0v) is 15.8. The van der Waals surface area contributed by atoms with Crippen molar-refractivity contribution < 1.29 is 28.5 Å². The largest absolute Gasteiger partial charge is 0.445 e. The molecule has 1 aromatic rings. The molecule has 7 nitrogen and oxygen atoms in total. The van der Waals surface area contributed by atoms with Gasteiger partial charge in [-0.3, -0.25) is 9.69 Å². The molecule has 1 amide bonds. The molecule has 0 aliphatic carbocycles. The first-order chi connectivity index (χ1) is 13.1. The van der Waals surface area contributed by atoms with Gasteiger partial charge in [0.2, 0.25) is 0 Å². The minimum Gasteiger partial charge on any atom is -0.445 e. The predicted molar refractivity (Wildman–Crippen MR) is 97.0 cm³/mol. The maximum Gasteiger partial charge on any atom is 0.410 e. The van der Waals surface area contributed by atoms with Crippen LogP contribution in [0.4, 0.5) is 4.79 Å². The van der Waals surface area contributed by atoms with Crippen molar-refractivity contribution in [3.05, 3.63) is 35.9 Å². The number of carbonyl (C=O) groups excluding carboxylic acids is 2. The highest BCUT2D eigenvalue weighted by atomic mass is 16.7. The molecular weight excluding hydrogens is 350 g/mol. The molecule has 2 heterocycles. The molecular formula is C20H27NO6. The number of nitrogens with zero attached hydrogens (tertiary/aromatic N) is 1. The number of hydrogen-bond acceptors (Lipinski definition) is 6. The van der Waals surface area contributed by atoms with Gasteiger partial charge in [-0.1, -0.05) is 30.3 Å². The van der Waals surface area contributed by atoms with E-state index in [2.05, 4.69) is 0 Å². The van der Waals surface area contributed by atoms with Crippen LogP contribution in [0.3, 0.4) is 0 Å². The van der Waals surface area contributed by atoms with Crippen LogP contribution in [0.1, 0.15) is 24.8 Å². The van der Waals surface area contributed by atoms with Crippen molar-refractivity contribution in [2.75, 3.05) is 27.4 Å². The number of fused-ring (bicyclic) bond motifs is 2. The highest BCUT2D eigenvalue weighted by Gasteiger charge is 2.44. The van der Waals surface area contributed by atoms with Gasteiger partial charge in [-0.2, -0.15) is 0 Å². The molecule has 2 aliphatic rings. The minimum absolute atomic E-state index is 0.109. The van der Waals surface area contributed by atoms with Crippen LogP contribution in [0.15, 0.2) is 30.3 Å². The van der Waals surface area contributed by atoms with Crippen LogP contribution in [-0.2, 0) is 30.3 Å². The number of piperidine rings is 1. The smallest absolute Gasteiger partial charge is 0.410 e. The van der Waals surface area contributed by atoms with Gasteiger partial charge < -0.3 is 18.9 Å². The third kappa shape index (κ3) is 4.86. The summed E-state index contributed by atoms with van der Waals surface area (Å²) in [5, 5.41) is 0. The molecule has 148 valence electrons. The second-order valence-electron chi connectivity index (χ2n) is 7.03. The van der Waals surface area contributed by atoms with Gasteiger partial charge >= 0.3 is 6.09 Å². The Labute approximate surface area is 159 Å². The lowest BCUT2D eigenvalue weighted by Crippen LogP contribution is -2.60. The lowest BCUT2D eigenvalue weighted by Gasteiger charge is -2.47. The number of ketones is 1. The molecule has 2 bridgehead atoms. The molecule has 27 heavy (non-hydrogen) atoms. The molecule has 0 spiro atoms. The van der Waals surface area contributed by atoms with Crippen LogP contribution in [0.5, 0.6) is 0 Å². The summed E-state index contributed by atoms with van der Waals surface area (Å²) in [7, 11) is 3.05. The van der Waals surface area contributed by atoms with Crippen molar-refractivity contribution in [3.63, 3.8) is 0 Å². The number of carbonyl (C=O) groups is 2. The Morgan fingerprint density at radius 3 is 2.33 bits per heavy atom. The van der Waals surface area contributed by atoms with Crippen molar-refractivity contribution >= 4 is 11.9 Å². The van der Waals surface area contributed by atoms with Crippen molar-refractivity contribution in [1.82, 2.24) is 4.90 Å². The number of methoxy groups -OCH3 is 2. The van der Waals surface area contributed by atoms with Crippen molar-refractivity contribution in [2.24, 2.45) is 5.92 Å². The molecule has 2 aliphatic heterocycles. The fourth-order valence-corrected chi connectivity index (χ4v) is 3.86. The highest BCUT2D eigenvalue weighted by Crippen LogP contribution is 2.33. The van der Waals surface area contributed by atoms with E-state index in [0.29, 0.717) is 26.1 Å². The third-order valence-electron chi connectivity index (χ3n) is 5.29. The first-order valence-corrected chi connectivity index (χ1v) is 9.27. The lowest BCUT2D eigenvalue weighted by molar-refractivity contribution is -0.146. The van der Waals surface area contributed by atoms with Gasteiger partial charge in [-0.25, -0.2) is 4.79 Å². The minimum atomic E-state index is -0.526. The summed E-state index contributed by atoms with van der Waals surface area (Å²) in [6, 6.07) is 9.31. The SMILES string of the molecule is COC(CC(=O)C1CC2COCC(C1)N2C(=O)OCc1ccccc1)OC. The lowest BCUT2D eigenvalue weighted by atomic mass is 9.82. The molecule has 2 saturated heterocycles. The van der Waals surface area contributed by atoms with Gasteiger partial charge in [-0.15, -0.1) is 0 Å². The van der Waals surface area contributed by atoms with Gasteiger partial charge in [0, 0.05) is 20.1 Å². The van der Waals surface area contributed by atoms with Gasteiger partial charge in [0.25, 0.3) is 0 Å². The molecule has 7 heteroatoms. The third-order valence-corrected chi connectivity index (χ3v) is 5.29. The zero-order chi connectivity index (χ0) is 19.2. The van der Waals surface area contributed by atoms with Crippen molar-refractivity contribution in [2.45, 2.75) is 44.2 Å². The Morgan fingerprint density at radius 2 is 1.74 bits per heavy atom. The number of Topliss-reactive ketones (excluding diaryl/α,β-unsaturated/α-hetero) is 1. The Morgan fingerprint density at radius 1 is 1.11 bits per heavy atom. The average molecular weight is 377 g/mol. The quantitative estimate of drug-likeness (QED) is 0.679. The van der Waals surface area contributed by atoms with E-state index in [4.69, 9.17) is 18.9 Å². The summed E-state index contributed by atoms with van der Waals surface area (Å²) in [5.74, 6) is -0.00669. The van der Waals surface area contributed by atoms with E-state index in [9.17, 15) is 9.59 Å². The molecule has 0 N–H and O–H groups in total. The monoisotopic (exact) mass is 377 g/mol. The number of benzene rings is 1. The predicted octanol–water partition coefficient (Wildman–Crippen LogP) is 2.38. The van der Waals surface area contributed by atoms with E-state index in [1.807, 2.05) is 30.3 Å². The van der Waals surface area contributed by atoms with Crippen LogP contribution in [0.25, 0.3) is 0 Å². The van der Waals surface area contributed by atoms with E-state index >= 15 is 0 Å². The number of rotatable bonds is 7. The molecule has 0 radical (unpaired) electrons. The maximum absolute atomic E-state index is 12.7. The molecule has 0 saturated carbocycles. The Kier molecular flexibility index (Phi) is 6.82. The summed E-state index contributed by atoms with van der Waals surface area (Å²) in [4.78, 5) is 27.0. The summed E-state index contributed by atoms with van der Waals surface area (Å²) in [6.45, 7) is 1.10. The summed E-state index contributed by atoms with van der Waals surface area (Å²) in [5.41, 5.74) is 0.947. The van der Waals surface area contributed by atoms with Crippen LogP contribution in [0, 0.1) is 5.92 Å². The Balaban J connectivity index is 1.59. The number of ether oxygens (including phenoxy) is 4. The topological polar surface area (TPSA) is 74.3 Å². The molecule has 2 unspecified atom stereocenters. The second-order valence-corrected chi connectivity index (χ2v) is 7.03. The standard InChI is InChI=1S/C20H27NO6/c1-24-19(25-2)10-18(22)15-8-16-12-26-13-17(9-15)21(16)20(23)27-11-14-6-4-3-5-7-14/h3-7,15-17,19H,8-13H2,1-2H3. The van der Waals surface area contributed by atoms with E-state index in [1.165, 1.54) is 14.2 Å².